The van der Waals surface area contributed by atoms with E-state index in [-0.39, 0.29) is 35.9 Å². The number of carbonyl (C=O) groups excluding carboxylic acids is 2. The fourth-order valence-corrected chi connectivity index (χ4v) is 2.74. The van der Waals surface area contributed by atoms with Crippen molar-refractivity contribution in [1.29, 1.82) is 0 Å². The molecule has 3 heterocycles. The molecular formula is C21H21N5O4. The van der Waals surface area contributed by atoms with E-state index in [0.717, 1.165) is 11.1 Å². The molecule has 2 amide bonds. The maximum Gasteiger partial charge on any atom is 0.270 e. The van der Waals surface area contributed by atoms with Crippen molar-refractivity contribution in [3.63, 3.8) is 0 Å². The molecule has 0 spiro atoms. The van der Waals surface area contributed by atoms with Crippen LogP contribution in [0.2, 0.25) is 0 Å². The van der Waals surface area contributed by atoms with E-state index in [9.17, 15) is 14.4 Å². The average molecular weight is 407 g/mol. The van der Waals surface area contributed by atoms with Gasteiger partial charge in [-0.15, -0.1) is 0 Å². The normalized spacial score (nSPS) is 10.3. The summed E-state index contributed by atoms with van der Waals surface area (Å²) in [6.45, 7) is 2.28. The molecule has 0 saturated heterocycles. The highest BCUT2D eigenvalue weighted by atomic mass is 16.5. The summed E-state index contributed by atoms with van der Waals surface area (Å²) in [5.41, 5.74) is 2.35. The van der Waals surface area contributed by atoms with Gasteiger partial charge in [0.1, 0.15) is 11.4 Å². The summed E-state index contributed by atoms with van der Waals surface area (Å²) in [6.07, 6.45) is 4.51. The zero-order valence-corrected chi connectivity index (χ0v) is 16.6. The molecule has 3 aromatic heterocycles. The van der Waals surface area contributed by atoms with Gasteiger partial charge in [0.2, 0.25) is 5.43 Å². The van der Waals surface area contributed by atoms with Crippen LogP contribution >= 0.6 is 0 Å². The van der Waals surface area contributed by atoms with Crippen LogP contribution in [0.4, 0.5) is 0 Å². The van der Waals surface area contributed by atoms with E-state index >= 15 is 0 Å². The fraction of sp³-hybridized carbons (Fsp3) is 0.190. The van der Waals surface area contributed by atoms with Crippen LogP contribution in [0.25, 0.3) is 0 Å². The number of aromatic amines is 1. The van der Waals surface area contributed by atoms with Crippen molar-refractivity contribution in [2.75, 3.05) is 7.11 Å². The van der Waals surface area contributed by atoms with Crippen molar-refractivity contribution < 1.29 is 14.3 Å². The number of amides is 2. The quantitative estimate of drug-likeness (QED) is 0.543. The Labute approximate surface area is 172 Å². The van der Waals surface area contributed by atoms with Crippen LogP contribution < -0.4 is 20.8 Å². The van der Waals surface area contributed by atoms with Gasteiger partial charge in [-0.1, -0.05) is 6.07 Å². The van der Waals surface area contributed by atoms with Crippen LogP contribution in [-0.2, 0) is 13.1 Å². The number of H-pyrrole nitrogens is 1. The number of nitrogens with zero attached hydrogens (tertiary/aromatic N) is 2. The molecule has 0 unspecified atom stereocenters. The summed E-state index contributed by atoms with van der Waals surface area (Å²) in [5, 5.41) is 5.52. The topological polar surface area (TPSA) is 126 Å². The zero-order valence-electron chi connectivity index (χ0n) is 16.6. The van der Waals surface area contributed by atoms with E-state index in [4.69, 9.17) is 4.74 Å². The van der Waals surface area contributed by atoms with Crippen molar-refractivity contribution in [2.24, 2.45) is 0 Å². The lowest BCUT2D eigenvalue weighted by Gasteiger charge is -2.09. The smallest absolute Gasteiger partial charge is 0.270 e. The molecule has 9 heteroatoms. The molecule has 3 aromatic rings. The number of hydrogen-bond acceptors (Lipinski definition) is 6. The van der Waals surface area contributed by atoms with Crippen molar-refractivity contribution >= 4 is 11.8 Å². The summed E-state index contributed by atoms with van der Waals surface area (Å²) < 4.78 is 4.88. The van der Waals surface area contributed by atoms with Gasteiger partial charge in [-0.2, -0.15) is 0 Å². The number of rotatable bonds is 7. The lowest BCUT2D eigenvalue weighted by atomic mass is 10.2. The molecule has 3 N–H and O–H groups in total. The third kappa shape index (κ3) is 5.07. The van der Waals surface area contributed by atoms with Gasteiger partial charge in [0.25, 0.3) is 11.8 Å². The van der Waals surface area contributed by atoms with E-state index in [1.165, 1.54) is 19.4 Å². The molecule has 0 atom stereocenters. The van der Waals surface area contributed by atoms with Gasteiger partial charge in [-0.25, -0.2) is 0 Å². The molecular weight excluding hydrogens is 386 g/mol. The summed E-state index contributed by atoms with van der Waals surface area (Å²) in [4.78, 5) is 47.4. The van der Waals surface area contributed by atoms with Crippen LogP contribution in [0.3, 0.4) is 0 Å². The summed E-state index contributed by atoms with van der Waals surface area (Å²) in [6, 6.07) is 8.31. The zero-order chi connectivity index (χ0) is 21.5. The Bertz CT molecular complexity index is 1130. The van der Waals surface area contributed by atoms with Gasteiger partial charge in [0, 0.05) is 31.2 Å². The second-order valence-corrected chi connectivity index (χ2v) is 6.47. The van der Waals surface area contributed by atoms with Gasteiger partial charge in [0.15, 0.2) is 5.75 Å². The number of hydrogen-bond donors (Lipinski definition) is 3. The van der Waals surface area contributed by atoms with E-state index < -0.39 is 5.91 Å². The largest absolute Gasteiger partial charge is 0.491 e. The molecule has 0 aromatic carbocycles. The number of pyridine rings is 3. The molecule has 3 rings (SSSR count). The van der Waals surface area contributed by atoms with Crippen molar-refractivity contribution in [3.8, 4) is 5.75 Å². The minimum atomic E-state index is -0.424. The van der Waals surface area contributed by atoms with E-state index in [0.29, 0.717) is 11.4 Å². The van der Waals surface area contributed by atoms with Crippen LogP contribution in [0.15, 0.2) is 53.7 Å². The summed E-state index contributed by atoms with van der Waals surface area (Å²) in [5.74, 6) is -0.572. The monoisotopic (exact) mass is 407 g/mol. The number of aryl methyl sites for hydroxylation is 1. The highest BCUT2D eigenvalue weighted by Gasteiger charge is 2.11. The first kappa shape index (κ1) is 20.7. The van der Waals surface area contributed by atoms with E-state index in [2.05, 4.69) is 25.6 Å². The number of nitrogens with one attached hydrogen (secondary N) is 3. The molecule has 9 nitrogen and oxygen atoms in total. The molecule has 0 saturated carbocycles. The Balaban J connectivity index is 1.58. The predicted molar refractivity (Wildman–Crippen MR) is 109 cm³/mol. The maximum absolute atomic E-state index is 12.3. The van der Waals surface area contributed by atoms with Crippen molar-refractivity contribution in [1.82, 2.24) is 25.6 Å². The Morgan fingerprint density at radius 1 is 1.07 bits per heavy atom. The van der Waals surface area contributed by atoms with Gasteiger partial charge in [0.05, 0.1) is 19.3 Å². The van der Waals surface area contributed by atoms with Crippen LogP contribution in [0.5, 0.6) is 5.75 Å². The minimum absolute atomic E-state index is 0.132. The maximum atomic E-state index is 12.3. The second kappa shape index (κ2) is 9.46. The Morgan fingerprint density at radius 2 is 1.87 bits per heavy atom. The molecule has 0 radical (unpaired) electrons. The average Bonchev–Trinajstić information content (AvgIpc) is 2.76. The van der Waals surface area contributed by atoms with Crippen molar-refractivity contribution in [2.45, 2.75) is 20.0 Å². The van der Waals surface area contributed by atoms with Crippen molar-refractivity contribution in [3.05, 3.63) is 87.4 Å². The highest BCUT2D eigenvalue weighted by molar-refractivity contribution is 5.93. The third-order valence-electron chi connectivity index (χ3n) is 4.33. The SMILES string of the molecule is COc1c[nH]c(C(=O)NCc2ccnc(CNC(=O)c3ncccc3C)c2)cc1=O. The van der Waals surface area contributed by atoms with Gasteiger partial charge in [-0.05, 0) is 36.2 Å². The first-order chi connectivity index (χ1) is 14.5. The lowest BCUT2D eigenvalue weighted by molar-refractivity contribution is 0.0938. The first-order valence-electron chi connectivity index (χ1n) is 9.16. The number of aromatic nitrogens is 3. The minimum Gasteiger partial charge on any atom is -0.491 e. The van der Waals surface area contributed by atoms with Crippen LogP contribution in [0, 0.1) is 6.92 Å². The van der Waals surface area contributed by atoms with Gasteiger partial charge in [-0.3, -0.25) is 24.4 Å². The molecule has 0 aliphatic heterocycles. The molecule has 0 aliphatic carbocycles. The molecule has 154 valence electrons. The van der Waals surface area contributed by atoms with E-state index in [1.54, 1.807) is 30.6 Å². The summed E-state index contributed by atoms with van der Waals surface area (Å²) >= 11 is 0. The molecule has 30 heavy (non-hydrogen) atoms. The van der Waals surface area contributed by atoms with Gasteiger partial charge < -0.3 is 20.4 Å². The fourth-order valence-electron chi connectivity index (χ4n) is 2.74. The third-order valence-corrected chi connectivity index (χ3v) is 4.33. The number of methoxy groups -OCH3 is 1. The predicted octanol–water partition coefficient (Wildman–Crippen LogP) is 1.34. The van der Waals surface area contributed by atoms with Crippen LogP contribution in [-0.4, -0.2) is 33.9 Å². The Kier molecular flexibility index (Phi) is 6.53. The van der Waals surface area contributed by atoms with Gasteiger partial charge >= 0.3 is 0 Å². The first-order valence-corrected chi connectivity index (χ1v) is 9.16. The Morgan fingerprint density at radius 3 is 2.60 bits per heavy atom. The number of carbonyl (C=O) groups is 2. The second-order valence-electron chi connectivity index (χ2n) is 6.47. The molecule has 0 aliphatic rings. The van der Waals surface area contributed by atoms with E-state index in [1.807, 2.05) is 13.0 Å². The number of ether oxygens (including phenoxy) is 1. The Hall–Kier alpha value is -4.01. The summed E-state index contributed by atoms with van der Waals surface area (Å²) in [7, 11) is 1.38. The lowest BCUT2D eigenvalue weighted by Crippen LogP contribution is -2.26. The highest BCUT2D eigenvalue weighted by Crippen LogP contribution is 2.06. The molecule has 0 fully saturated rings. The molecule has 0 bridgehead atoms. The standard InChI is InChI=1S/C21H21N5O4/c1-13-4-3-6-23-19(13)21(29)26-11-15-8-14(5-7-22-15)10-25-20(28)16-9-17(27)18(30-2)12-24-16/h3-9,12H,10-11H2,1-2H3,(H,24,27)(H,25,28)(H,26,29). The van der Waals surface area contributed by atoms with Crippen LogP contribution in [0.1, 0.15) is 37.8 Å².